The van der Waals surface area contributed by atoms with Crippen LogP contribution in [0.15, 0.2) is 24.5 Å². The van der Waals surface area contributed by atoms with E-state index in [9.17, 15) is 0 Å². The van der Waals surface area contributed by atoms with Gasteiger partial charge < -0.3 is 5.32 Å². The molecule has 2 aromatic heterocycles. The molecule has 0 unspecified atom stereocenters. The summed E-state index contributed by atoms with van der Waals surface area (Å²) in [6.45, 7) is 4.97. The molecular formula is C14H18N4. The normalized spacial score (nSPS) is 15.0. The maximum atomic E-state index is 4.54. The first-order valence-electron chi connectivity index (χ1n) is 6.44. The van der Waals surface area contributed by atoms with Gasteiger partial charge in [0.2, 0.25) is 0 Å². The van der Waals surface area contributed by atoms with Gasteiger partial charge in [0, 0.05) is 36.2 Å². The fourth-order valence-corrected chi connectivity index (χ4v) is 2.18. The van der Waals surface area contributed by atoms with Crippen molar-refractivity contribution in [3.63, 3.8) is 0 Å². The molecule has 1 fully saturated rings. The highest BCUT2D eigenvalue weighted by Crippen LogP contribution is 2.21. The smallest absolute Gasteiger partial charge is 0.0724 e. The van der Waals surface area contributed by atoms with Crippen molar-refractivity contribution in [3.05, 3.63) is 41.5 Å². The molecule has 94 valence electrons. The van der Waals surface area contributed by atoms with Gasteiger partial charge >= 0.3 is 0 Å². The van der Waals surface area contributed by atoms with Crippen molar-refractivity contribution in [2.45, 2.75) is 39.3 Å². The highest BCUT2D eigenvalue weighted by Gasteiger charge is 2.20. The minimum atomic E-state index is 0.707. The quantitative estimate of drug-likeness (QED) is 0.893. The van der Waals surface area contributed by atoms with Gasteiger partial charge in [-0.05, 0) is 38.8 Å². The summed E-state index contributed by atoms with van der Waals surface area (Å²) in [5.41, 5.74) is 4.54. The fourth-order valence-electron chi connectivity index (χ4n) is 2.18. The summed E-state index contributed by atoms with van der Waals surface area (Å²) in [5, 5.41) is 8.07. The lowest BCUT2D eigenvalue weighted by Gasteiger charge is -2.11. The number of hydrogen-bond acceptors (Lipinski definition) is 3. The molecule has 4 heteroatoms. The van der Waals surface area contributed by atoms with E-state index in [0.29, 0.717) is 6.04 Å². The van der Waals surface area contributed by atoms with Gasteiger partial charge in [0.1, 0.15) is 0 Å². The summed E-state index contributed by atoms with van der Waals surface area (Å²) >= 11 is 0. The predicted octanol–water partition coefficient (Wildman–Crippen LogP) is 2.14. The van der Waals surface area contributed by atoms with Crippen molar-refractivity contribution in [2.75, 3.05) is 0 Å². The average Bonchev–Trinajstić information content (AvgIpc) is 3.12. The third kappa shape index (κ3) is 2.29. The number of pyridine rings is 1. The van der Waals surface area contributed by atoms with E-state index in [2.05, 4.69) is 28.4 Å². The number of nitrogens with one attached hydrogen (secondary N) is 1. The zero-order chi connectivity index (χ0) is 12.5. The standard InChI is InChI=1S/C14H18N4/c1-10-7-11(2)18(17-10)14-5-6-15-8-12(14)9-16-13-3-4-13/h5-8,13,16H,3-4,9H2,1-2H3. The molecule has 0 amide bonds. The molecule has 0 aliphatic heterocycles. The summed E-state index contributed by atoms with van der Waals surface area (Å²) < 4.78 is 2.00. The number of nitrogens with zero attached hydrogens (tertiary/aromatic N) is 3. The first-order valence-corrected chi connectivity index (χ1v) is 6.44. The first-order chi connectivity index (χ1) is 8.74. The molecule has 0 saturated heterocycles. The summed E-state index contributed by atoms with van der Waals surface area (Å²) in [6, 6.07) is 4.83. The molecule has 1 N–H and O–H groups in total. The Labute approximate surface area is 107 Å². The molecule has 0 aromatic carbocycles. The molecule has 18 heavy (non-hydrogen) atoms. The molecule has 0 spiro atoms. The Kier molecular flexibility index (Phi) is 2.88. The molecule has 0 radical (unpaired) electrons. The second kappa shape index (κ2) is 4.53. The third-order valence-corrected chi connectivity index (χ3v) is 3.27. The van der Waals surface area contributed by atoms with Crippen LogP contribution in [0.2, 0.25) is 0 Å². The minimum Gasteiger partial charge on any atom is -0.310 e. The summed E-state index contributed by atoms with van der Waals surface area (Å²) in [6.07, 6.45) is 6.36. The van der Waals surface area contributed by atoms with E-state index in [1.54, 1.807) is 0 Å². The van der Waals surface area contributed by atoms with Crippen LogP contribution in [-0.2, 0) is 6.54 Å². The Balaban J connectivity index is 1.92. The third-order valence-electron chi connectivity index (χ3n) is 3.27. The molecule has 0 atom stereocenters. The van der Waals surface area contributed by atoms with E-state index in [1.807, 2.05) is 30.1 Å². The Morgan fingerprint density at radius 1 is 1.39 bits per heavy atom. The molecule has 3 rings (SSSR count). The van der Waals surface area contributed by atoms with Gasteiger partial charge in [0.15, 0.2) is 0 Å². The number of aromatic nitrogens is 3. The molecule has 1 saturated carbocycles. The Bertz CT molecular complexity index is 555. The van der Waals surface area contributed by atoms with Crippen LogP contribution in [-0.4, -0.2) is 20.8 Å². The Morgan fingerprint density at radius 3 is 2.89 bits per heavy atom. The van der Waals surface area contributed by atoms with E-state index in [1.165, 1.54) is 18.4 Å². The highest BCUT2D eigenvalue weighted by molar-refractivity contribution is 5.39. The molecule has 4 nitrogen and oxygen atoms in total. The van der Waals surface area contributed by atoms with Crippen molar-refractivity contribution in [3.8, 4) is 5.69 Å². The first kappa shape index (κ1) is 11.4. The van der Waals surface area contributed by atoms with Gasteiger partial charge in [-0.25, -0.2) is 4.68 Å². The Morgan fingerprint density at radius 2 is 2.22 bits per heavy atom. The molecule has 2 aromatic rings. The van der Waals surface area contributed by atoms with Gasteiger partial charge in [-0.2, -0.15) is 5.10 Å². The van der Waals surface area contributed by atoms with Gasteiger partial charge in [-0.3, -0.25) is 4.98 Å². The van der Waals surface area contributed by atoms with Crippen molar-refractivity contribution in [2.24, 2.45) is 0 Å². The zero-order valence-electron chi connectivity index (χ0n) is 10.8. The second-order valence-electron chi connectivity index (χ2n) is 5.00. The van der Waals surface area contributed by atoms with E-state index in [-0.39, 0.29) is 0 Å². The van der Waals surface area contributed by atoms with Crippen LogP contribution in [0.5, 0.6) is 0 Å². The van der Waals surface area contributed by atoms with Crippen molar-refractivity contribution in [1.29, 1.82) is 0 Å². The Hall–Kier alpha value is -1.68. The van der Waals surface area contributed by atoms with Crippen LogP contribution in [0.4, 0.5) is 0 Å². The van der Waals surface area contributed by atoms with Gasteiger partial charge in [-0.1, -0.05) is 0 Å². The molecule has 2 heterocycles. The van der Waals surface area contributed by atoms with E-state index < -0.39 is 0 Å². The molecular weight excluding hydrogens is 224 g/mol. The van der Waals surface area contributed by atoms with Crippen molar-refractivity contribution >= 4 is 0 Å². The predicted molar refractivity (Wildman–Crippen MR) is 70.7 cm³/mol. The van der Waals surface area contributed by atoms with Crippen molar-refractivity contribution < 1.29 is 0 Å². The fraction of sp³-hybridized carbons (Fsp3) is 0.429. The van der Waals surface area contributed by atoms with Crippen LogP contribution in [0.1, 0.15) is 29.8 Å². The SMILES string of the molecule is Cc1cc(C)n(-c2ccncc2CNC2CC2)n1. The zero-order valence-corrected chi connectivity index (χ0v) is 10.8. The maximum Gasteiger partial charge on any atom is 0.0724 e. The van der Waals surface area contributed by atoms with E-state index in [4.69, 9.17) is 0 Å². The largest absolute Gasteiger partial charge is 0.310 e. The van der Waals surface area contributed by atoms with Crippen LogP contribution in [0.25, 0.3) is 5.69 Å². The highest BCUT2D eigenvalue weighted by atomic mass is 15.3. The second-order valence-corrected chi connectivity index (χ2v) is 5.00. The lowest BCUT2D eigenvalue weighted by Crippen LogP contribution is -2.17. The van der Waals surface area contributed by atoms with Gasteiger partial charge in [0.05, 0.1) is 11.4 Å². The average molecular weight is 242 g/mol. The van der Waals surface area contributed by atoms with Crippen LogP contribution < -0.4 is 5.32 Å². The van der Waals surface area contributed by atoms with Gasteiger partial charge in [-0.15, -0.1) is 0 Å². The summed E-state index contributed by atoms with van der Waals surface area (Å²) in [4.78, 5) is 4.22. The summed E-state index contributed by atoms with van der Waals surface area (Å²) in [7, 11) is 0. The van der Waals surface area contributed by atoms with E-state index in [0.717, 1.165) is 23.6 Å². The van der Waals surface area contributed by atoms with Crippen LogP contribution in [0, 0.1) is 13.8 Å². The van der Waals surface area contributed by atoms with Crippen LogP contribution >= 0.6 is 0 Å². The topological polar surface area (TPSA) is 42.7 Å². The molecule has 1 aliphatic carbocycles. The molecule has 1 aliphatic rings. The number of hydrogen-bond donors (Lipinski definition) is 1. The lowest BCUT2D eigenvalue weighted by molar-refractivity contribution is 0.677. The summed E-state index contributed by atoms with van der Waals surface area (Å²) in [5.74, 6) is 0. The molecule has 0 bridgehead atoms. The lowest BCUT2D eigenvalue weighted by atomic mass is 10.2. The maximum absolute atomic E-state index is 4.54. The van der Waals surface area contributed by atoms with Crippen molar-refractivity contribution in [1.82, 2.24) is 20.1 Å². The van der Waals surface area contributed by atoms with Gasteiger partial charge in [0.25, 0.3) is 0 Å². The minimum absolute atomic E-state index is 0.707. The van der Waals surface area contributed by atoms with Crippen LogP contribution in [0.3, 0.4) is 0 Å². The monoisotopic (exact) mass is 242 g/mol. The number of aryl methyl sites for hydroxylation is 2. The number of rotatable bonds is 4. The van der Waals surface area contributed by atoms with E-state index >= 15 is 0 Å².